The number of amides is 1. The van der Waals surface area contributed by atoms with Gasteiger partial charge in [0.15, 0.2) is 0 Å². The lowest BCUT2D eigenvalue weighted by Crippen LogP contribution is -2.24. The van der Waals surface area contributed by atoms with Crippen LogP contribution in [0.1, 0.15) is 32.9 Å². The van der Waals surface area contributed by atoms with Crippen LogP contribution >= 0.6 is 0 Å². The molecule has 4 rings (SSSR count). The van der Waals surface area contributed by atoms with E-state index in [0.29, 0.717) is 5.69 Å². The maximum Gasteiger partial charge on any atom is 0.261 e. The number of hydrogen-bond acceptors (Lipinski definition) is 4. The Balaban J connectivity index is 1.50. The Bertz CT molecular complexity index is 1440. The van der Waals surface area contributed by atoms with E-state index in [-0.39, 0.29) is 22.9 Å². The minimum absolute atomic E-state index is 0.0194. The third kappa shape index (κ3) is 5.02. The molecule has 174 valence electrons. The minimum Gasteiger partial charge on any atom is -0.348 e. The molecule has 0 aliphatic rings. The summed E-state index contributed by atoms with van der Waals surface area (Å²) in [6, 6.07) is 22.9. The van der Waals surface area contributed by atoms with Crippen molar-refractivity contribution in [1.29, 1.82) is 0 Å². The molecule has 0 saturated heterocycles. The summed E-state index contributed by atoms with van der Waals surface area (Å²) < 4.78 is 30.1. The molecule has 2 N–H and O–H groups in total. The Morgan fingerprint density at radius 1 is 0.912 bits per heavy atom. The molecule has 34 heavy (non-hydrogen) atoms. The lowest BCUT2D eigenvalue weighted by atomic mass is 10.1. The Hall–Kier alpha value is -3.91. The van der Waals surface area contributed by atoms with Crippen LogP contribution in [0.25, 0.3) is 5.69 Å². The van der Waals surface area contributed by atoms with Crippen LogP contribution in [0.2, 0.25) is 0 Å². The van der Waals surface area contributed by atoms with Gasteiger partial charge in [0.2, 0.25) is 0 Å². The van der Waals surface area contributed by atoms with E-state index >= 15 is 0 Å². The zero-order valence-electron chi connectivity index (χ0n) is 19.2. The molecule has 1 heterocycles. The first-order chi connectivity index (χ1) is 16.2. The van der Waals surface area contributed by atoms with Gasteiger partial charge in [0.1, 0.15) is 0 Å². The monoisotopic (exact) mass is 474 g/mol. The third-order valence-electron chi connectivity index (χ3n) is 5.54. The van der Waals surface area contributed by atoms with E-state index in [1.165, 1.54) is 12.1 Å². The standard InChI is InChI=1S/C26H26N4O3S/c1-18-9-7-11-22(15-18)29-34(32,33)24-14-8-10-21(16-24)26(31)27-17-25-19(2)28-30(20(25)3)23-12-5-4-6-13-23/h4-16,29H,17H2,1-3H3,(H,27,31). The first-order valence-corrected chi connectivity index (χ1v) is 12.3. The molecular formula is C26H26N4O3S. The molecule has 0 aliphatic carbocycles. The number of hydrogen-bond donors (Lipinski definition) is 2. The van der Waals surface area contributed by atoms with Crippen molar-refractivity contribution in [3.05, 3.63) is 107 Å². The maximum atomic E-state index is 12.8. The lowest BCUT2D eigenvalue weighted by Gasteiger charge is -2.11. The molecule has 0 saturated carbocycles. The van der Waals surface area contributed by atoms with Gasteiger partial charge < -0.3 is 5.32 Å². The summed E-state index contributed by atoms with van der Waals surface area (Å²) in [6.07, 6.45) is 0. The number of nitrogens with one attached hydrogen (secondary N) is 2. The van der Waals surface area contributed by atoms with Gasteiger partial charge in [-0.05, 0) is 68.8 Å². The average molecular weight is 475 g/mol. The number of aromatic nitrogens is 2. The van der Waals surface area contributed by atoms with Crippen LogP contribution in [-0.2, 0) is 16.6 Å². The summed E-state index contributed by atoms with van der Waals surface area (Å²) in [5, 5.41) is 7.49. The fourth-order valence-electron chi connectivity index (χ4n) is 3.75. The number of aryl methyl sites for hydroxylation is 2. The summed E-state index contributed by atoms with van der Waals surface area (Å²) in [5.41, 5.74) is 5.29. The van der Waals surface area contributed by atoms with E-state index in [1.807, 2.05) is 61.9 Å². The highest BCUT2D eigenvalue weighted by molar-refractivity contribution is 7.92. The van der Waals surface area contributed by atoms with Crippen molar-refractivity contribution in [2.45, 2.75) is 32.2 Å². The van der Waals surface area contributed by atoms with Crippen molar-refractivity contribution in [2.75, 3.05) is 4.72 Å². The van der Waals surface area contributed by atoms with Gasteiger partial charge in [0.05, 0.1) is 16.3 Å². The van der Waals surface area contributed by atoms with Crippen LogP contribution < -0.4 is 10.0 Å². The average Bonchev–Trinajstić information content (AvgIpc) is 3.11. The molecule has 0 atom stereocenters. The zero-order chi connectivity index (χ0) is 24.3. The largest absolute Gasteiger partial charge is 0.348 e. The van der Waals surface area contributed by atoms with E-state index in [2.05, 4.69) is 15.1 Å². The molecule has 0 fully saturated rings. The normalized spacial score (nSPS) is 11.3. The van der Waals surface area contributed by atoms with Crippen LogP contribution in [-0.4, -0.2) is 24.1 Å². The van der Waals surface area contributed by atoms with Gasteiger partial charge in [-0.25, -0.2) is 13.1 Å². The molecule has 4 aromatic rings. The SMILES string of the molecule is Cc1cccc(NS(=O)(=O)c2cccc(C(=O)NCc3c(C)nn(-c4ccccc4)c3C)c2)c1. The first kappa shape index (κ1) is 23.3. The quantitative estimate of drug-likeness (QED) is 0.412. The first-order valence-electron chi connectivity index (χ1n) is 10.8. The minimum atomic E-state index is -3.84. The summed E-state index contributed by atoms with van der Waals surface area (Å²) in [5.74, 6) is -0.362. The number of carbonyl (C=O) groups is 1. The van der Waals surface area contributed by atoms with E-state index < -0.39 is 10.0 Å². The summed E-state index contributed by atoms with van der Waals surface area (Å²) >= 11 is 0. The van der Waals surface area contributed by atoms with E-state index in [1.54, 1.807) is 30.3 Å². The summed E-state index contributed by atoms with van der Waals surface area (Å²) in [7, 11) is -3.84. The van der Waals surface area contributed by atoms with Crippen LogP contribution in [0.15, 0.2) is 83.8 Å². The highest BCUT2D eigenvalue weighted by atomic mass is 32.2. The van der Waals surface area contributed by atoms with E-state index in [4.69, 9.17) is 0 Å². The summed E-state index contributed by atoms with van der Waals surface area (Å²) in [6.45, 7) is 6.02. The van der Waals surface area contributed by atoms with Crippen molar-refractivity contribution in [2.24, 2.45) is 0 Å². The second kappa shape index (κ2) is 9.52. The van der Waals surface area contributed by atoms with Gasteiger partial charge >= 0.3 is 0 Å². The fourth-order valence-corrected chi connectivity index (χ4v) is 4.84. The van der Waals surface area contributed by atoms with Gasteiger partial charge in [0, 0.05) is 29.1 Å². The van der Waals surface area contributed by atoms with Gasteiger partial charge in [-0.1, -0.05) is 36.4 Å². The van der Waals surface area contributed by atoms with Crippen molar-refractivity contribution in [1.82, 2.24) is 15.1 Å². The number of nitrogens with zero attached hydrogens (tertiary/aromatic N) is 2. The Labute approximate surface area is 199 Å². The van der Waals surface area contributed by atoms with Crippen LogP contribution in [0.4, 0.5) is 5.69 Å². The third-order valence-corrected chi connectivity index (χ3v) is 6.92. The van der Waals surface area contributed by atoms with Gasteiger partial charge in [-0.3, -0.25) is 9.52 Å². The highest BCUT2D eigenvalue weighted by Gasteiger charge is 2.18. The number of para-hydroxylation sites is 1. The van der Waals surface area contributed by atoms with Crippen molar-refractivity contribution < 1.29 is 13.2 Å². The highest BCUT2D eigenvalue weighted by Crippen LogP contribution is 2.20. The molecule has 1 amide bonds. The second-order valence-corrected chi connectivity index (χ2v) is 9.76. The molecule has 3 aromatic carbocycles. The zero-order valence-corrected chi connectivity index (χ0v) is 20.1. The molecular weight excluding hydrogens is 448 g/mol. The molecule has 7 nitrogen and oxygen atoms in total. The molecule has 0 aliphatic heterocycles. The van der Waals surface area contributed by atoms with Crippen LogP contribution in [0.5, 0.6) is 0 Å². The molecule has 0 radical (unpaired) electrons. The van der Waals surface area contributed by atoms with Crippen molar-refractivity contribution in [3.63, 3.8) is 0 Å². The van der Waals surface area contributed by atoms with Crippen molar-refractivity contribution in [3.8, 4) is 5.69 Å². The predicted octanol–water partition coefficient (Wildman–Crippen LogP) is 4.53. The molecule has 0 spiro atoms. The van der Waals surface area contributed by atoms with E-state index in [9.17, 15) is 13.2 Å². The van der Waals surface area contributed by atoms with Gasteiger partial charge in [-0.2, -0.15) is 5.10 Å². The number of rotatable bonds is 7. The summed E-state index contributed by atoms with van der Waals surface area (Å²) in [4.78, 5) is 12.9. The Morgan fingerprint density at radius 2 is 1.65 bits per heavy atom. The number of carbonyl (C=O) groups excluding carboxylic acids is 1. The fraction of sp³-hybridized carbons (Fsp3) is 0.154. The van der Waals surface area contributed by atoms with Gasteiger partial charge in [0.25, 0.3) is 15.9 Å². The lowest BCUT2D eigenvalue weighted by molar-refractivity contribution is 0.0950. The second-order valence-electron chi connectivity index (χ2n) is 8.08. The Kier molecular flexibility index (Phi) is 6.51. The van der Waals surface area contributed by atoms with Crippen LogP contribution in [0, 0.1) is 20.8 Å². The topological polar surface area (TPSA) is 93.1 Å². The molecule has 0 bridgehead atoms. The van der Waals surface area contributed by atoms with E-state index in [0.717, 1.165) is 28.2 Å². The molecule has 0 unspecified atom stereocenters. The Morgan fingerprint density at radius 3 is 2.38 bits per heavy atom. The number of anilines is 1. The van der Waals surface area contributed by atoms with Crippen LogP contribution in [0.3, 0.4) is 0 Å². The predicted molar refractivity (Wildman–Crippen MR) is 133 cm³/mol. The van der Waals surface area contributed by atoms with Crippen molar-refractivity contribution >= 4 is 21.6 Å². The smallest absolute Gasteiger partial charge is 0.261 e. The molecule has 1 aromatic heterocycles. The molecule has 8 heteroatoms. The number of sulfonamides is 1. The number of benzene rings is 3. The van der Waals surface area contributed by atoms with Gasteiger partial charge in [-0.15, -0.1) is 0 Å². The maximum absolute atomic E-state index is 12.8.